The Kier molecular flexibility index (Phi) is 4.11. The van der Waals surface area contributed by atoms with Gasteiger partial charge in [0, 0.05) is 24.2 Å². The van der Waals surface area contributed by atoms with Crippen molar-refractivity contribution in [1.29, 1.82) is 0 Å². The van der Waals surface area contributed by atoms with E-state index >= 15 is 0 Å². The van der Waals surface area contributed by atoms with Crippen molar-refractivity contribution in [2.75, 3.05) is 0 Å². The van der Waals surface area contributed by atoms with Gasteiger partial charge in [-0.25, -0.2) is 4.98 Å². The zero-order valence-electron chi connectivity index (χ0n) is 11.7. The number of pyridine rings is 1. The molecule has 0 bridgehead atoms. The Labute approximate surface area is 132 Å². The van der Waals surface area contributed by atoms with Gasteiger partial charge in [0.05, 0.1) is 10.6 Å². The summed E-state index contributed by atoms with van der Waals surface area (Å²) in [6.45, 7) is 0. The van der Waals surface area contributed by atoms with Crippen LogP contribution in [0.2, 0.25) is 0 Å². The summed E-state index contributed by atoms with van der Waals surface area (Å²) >= 11 is 5.23. The summed E-state index contributed by atoms with van der Waals surface area (Å²) in [5.41, 5.74) is 7.70. The smallest absolute Gasteiger partial charge is 0.271 e. The fourth-order valence-electron chi connectivity index (χ4n) is 2.16. The van der Waals surface area contributed by atoms with E-state index in [1.54, 1.807) is 18.5 Å². The van der Waals surface area contributed by atoms with E-state index in [1.165, 1.54) is 0 Å². The summed E-state index contributed by atoms with van der Waals surface area (Å²) in [6.07, 6.45) is 3.88. The molecule has 0 atom stereocenters. The lowest BCUT2D eigenvalue weighted by Crippen LogP contribution is -2.41. The minimum absolute atomic E-state index is 0.255. The molecule has 0 aliphatic heterocycles. The summed E-state index contributed by atoms with van der Waals surface area (Å²) in [6, 6.07) is 13.5. The Morgan fingerprint density at radius 2 is 1.95 bits per heavy atom. The van der Waals surface area contributed by atoms with Crippen LogP contribution in [0, 0.1) is 0 Å². The molecule has 0 aliphatic rings. The second kappa shape index (κ2) is 6.36. The van der Waals surface area contributed by atoms with E-state index in [-0.39, 0.29) is 5.91 Å². The molecule has 0 saturated carbocycles. The lowest BCUT2D eigenvalue weighted by molar-refractivity contribution is 0.0945. The highest BCUT2D eigenvalue weighted by Crippen LogP contribution is 2.14. The van der Waals surface area contributed by atoms with Gasteiger partial charge in [-0.1, -0.05) is 42.5 Å². The number of aromatic nitrogens is 2. The fourth-order valence-corrected chi connectivity index (χ4v) is 2.38. The van der Waals surface area contributed by atoms with Crippen molar-refractivity contribution < 1.29 is 4.79 Å². The van der Waals surface area contributed by atoms with Crippen LogP contribution in [0.5, 0.6) is 0 Å². The molecule has 3 N–H and O–H groups in total. The molecule has 22 heavy (non-hydrogen) atoms. The molecule has 1 amide bonds. The number of aromatic amines is 1. The van der Waals surface area contributed by atoms with Gasteiger partial charge in [-0.3, -0.25) is 15.6 Å². The van der Waals surface area contributed by atoms with Gasteiger partial charge in [0.2, 0.25) is 0 Å². The Hall–Kier alpha value is -2.73. The molecular formula is C16H14N4OS. The molecule has 3 rings (SSSR count). The van der Waals surface area contributed by atoms with E-state index in [2.05, 4.69) is 20.8 Å². The molecule has 2 heterocycles. The van der Waals surface area contributed by atoms with Gasteiger partial charge < -0.3 is 4.98 Å². The average Bonchev–Trinajstić information content (AvgIpc) is 2.98. The topological polar surface area (TPSA) is 69.8 Å². The second-order valence-electron chi connectivity index (χ2n) is 4.77. The molecule has 0 aliphatic carbocycles. The number of hydrogen-bond acceptors (Lipinski definition) is 3. The third-order valence-electron chi connectivity index (χ3n) is 3.22. The number of nitrogens with zero attached hydrogens (tertiary/aromatic N) is 1. The van der Waals surface area contributed by atoms with Crippen LogP contribution in [0.25, 0.3) is 11.0 Å². The zero-order valence-corrected chi connectivity index (χ0v) is 12.5. The Bertz CT molecular complexity index is 813. The summed E-state index contributed by atoms with van der Waals surface area (Å²) < 4.78 is 0. The van der Waals surface area contributed by atoms with Crippen LogP contribution >= 0.6 is 12.2 Å². The summed E-state index contributed by atoms with van der Waals surface area (Å²) in [4.78, 5) is 19.9. The maximum atomic E-state index is 12.2. The average molecular weight is 310 g/mol. The van der Waals surface area contributed by atoms with Gasteiger partial charge in [-0.2, -0.15) is 0 Å². The summed E-state index contributed by atoms with van der Waals surface area (Å²) in [5, 5.41) is 0.774. The molecule has 2 aromatic heterocycles. The number of carbonyl (C=O) groups is 1. The van der Waals surface area contributed by atoms with E-state index in [1.807, 2.05) is 36.4 Å². The number of thiocarbonyl (C=S) groups is 1. The number of amides is 1. The van der Waals surface area contributed by atoms with Gasteiger partial charge in [-0.15, -0.1) is 0 Å². The number of carbonyl (C=O) groups excluding carboxylic acids is 1. The largest absolute Gasteiger partial charge is 0.345 e. The molecule has 5 nitrogen and oxygen atoms in total. The molecular weight excluding hydrogens is 296 g/mol. The van der Waals surface area contributed by atoms with Crippen molar-refractivity contribution in [2.24, 2.45) is 0 Å². The van der Waals surface area contributed by atoms with E-state index in [0.717, 1.165) is 10.9 Å². The third-order valence-corrected chi connectivity index (χ3v) is 3.47. The monoisotopic (exact) mass is 310 g/mol. The first kappa shape index (κ1) is 14.2. The number of H-pyrrole nitrogens is 1. The minimum atomic E-state index is -0.255. The van der Waals surface area contributed by atoms with Gasteiger partial charge in [0.1, 0.15) is 5.65 Å². The number of fused-ring (bicyclic) bond motifs is 1. The number of hydrazine groups is 1. The van der Waals surface area contributed by atoms with Gasteiger partial charge in [0.15, 0.2) is 0 Å². The molecule has 0 unspecified atom stereocenters. The minimum Gasteiger partial charge on any atom is -0.345 e. The van der Waals surface area contributed by atoms with Crippen LogP contribution in [-0.4, -0.2) is 20.9 Å². The van der Waals surface area contributed by atoms with E-state index in [0.29, 0.717) is 22.6 Å². The number of benzene rings is 1. The highest BCUT2D eigenvalue weighted by Gasteiger charge is 2.12. The quantitative estimate of drug-likeness (QED) is 0.513. The maximum Gasteiger partial charge on any atom is 0.271 e. The lowest BCUT2D eigenvalue weighted by Gasteiger charge is -2.09. The van der Waals surface area contributed by atoms with Crippen molar-refractivity contribution in [3.8, 4) is 0 Å². The summed E-state index contributed by atoms with van der Waals surface area (Å²) in [7, 11) is 0. The van der Waals surface area contributed by atoms with Gasteiger partial charge in [0.25, 0.3) is 5.91 Å². The fraction of sp³-hybridized carbons (Fsp3) is 0.0625. The van der Waals surface area contributed by atoms with Crippen molar-refractivity contribution in [2.45, 2.75) is 6.42 Å². The molecule has 0 spiro atoms. The van der Waals surface area contributed by atoms with E-state index < -0.39 is 0 Å². The van der Waals surface area contributed by atoms with E-state index in [9.17, 15) is 4.79 Å². The molecule has 6 heteroatoms. The Morgan fingerprint density at radius 1 is 1.14 bits per heavy atom. The highest BCUT2D eigenvalue weighted by molar-refractivity contribution is 7.80. The molecule has 0 fully saturated rings. The third kappa shape index (κ3) is 3.12. The predicted octanol–water partition coefficient (Wildman–Crippen LogP) is 2.37. The summed E-state index contributed by atoms with van der Waals surface area (Å²) in [5.74, 6) is -0.255. The number of hydrogen-bond donors (Lipinski definition) is 3. The normalized spacial score (nSPS) is 10.4. The van der Waals surface area contributed by atoms with Crippen molar-refractivity contribution in [1.82, 2.24) is 20.8 Å². The molecule has 110 valence electrons. The van der Waals surface area contributed by atoms with Crippen LogP contribution in [0.4, 0.5) is 0 Å². The standard InChI is InChI=1S/C16H14N4OS/c21-16(13-10-18-15-12(13)7-4-8-17-15)20-19-14(22)9-11-5-2-1-3-6-11/h1-8,10H,9H2,(H,17,18)(H,19,22)(H,20,21). The lowest BCUT2D eigenvalue weighted by atomic mass is 10.1. The van der Waals surface area contributed by atoms with Crippen LogP contribution in [-0.2, 0) is 6.42 Å². The first-order valence-electron chi connectivity index (χ1n) is 6.79. The van der Waals surface area contributed by atoms with Crippen LogP contribution in [0.3, 0.4) is 0 Å². The number of nitrogens with one attached hydrogen (secondary N) is 3. The Morgan fingerprint density at radius 3 is 2.77 bits per heavy atom. The molecule has 0 radical (unpaired) electrons. The zero-order chi connectivity index (χ0) is 15.4. The number of rotatable bonds is 3. The van der Waals surface area contributed by atoms with Crippen molar-refractivity contribution in [3.05, 3.63) is 66.0 Å². The predicted molar refractivity (Wildman–Crippen MR) is 89.4 cm³/mol. The van der Waals surface area contributed by atoms with Crippen molar-refractivity contribution >= 4 is 34.1 Å². The maximum absolute atomic E-state index is 12.2. The molecule has 1 aromatic carbocycles. The Balaban J connectivity index is 1.61. The highest BCUT2D eigenvalue weighted by atomic mass is 32.1. The van der Waals surface area contributed by atoms with Gasteiger partial charge in [-0.05, 0) is 17.7 Å². The second-order valence-corrected chi connectivity index (χ2v) is 5.26. The SMILES string of the molecule is O=C(NNC(=S)Cc1ccccc1)c1c[nH]c2ncccc12. The van der Waals surface area contributed by atoms with Gasteiger partial charge >= 0.3 is 0 Å². The first-order valence-corrected chi connectivity index (χ1v) is 7.20. The molecule has 0 saturated heterocycles. The van der Waals surface area contributed by atoms with Crippen molar-refractivity contribution in [3.63, 3.8) is 0 Å². The molecule has 3 aromatic rings. The first-order chi connectivity index (χ1) is 10.7. The van der Waals surface area contributed by atoms with E-state index in [4.69, 9.17) is 12.2 Å². The van der Waals surface area contributed by atoms with Crippen LogP contribution in [0.15, 0.2) is 54.9 Å². The van der Waals surface area contributed by atoms with Crippen LogP contribution in [0.1, 0.15) is 15.9 Å². The van der Waals surface area contributed by atoms with Crippen LogP contribution < -0.4 is 10.9 Å².